The molecule has 0 saturated heterocycles. The second-order valence-electron chi connectivity index (χ2n) is 7.46. The fourth-order valence-corrected chi connectivity index (χ4v) is 4.39. The van der Waals surface area contributed by atoms with Crippen molar-refractivity contribution in [1.82, 2.24) is 0 Å². The molecule has 0 radical (unpaired) electrons. The molecule has 2 atom stereocenters. The van der Waals surface area contributed by atoms with E-state index in [0.29, 0.717) is 24.6 Å². The van der Waals surface area contributed by atoms with Crippen LogP contribution >= 0.6 is 23.5 Å². The number of rotatable bonds is 9. The van der Waals surface area contributed by atoms with Gasteiger partial charge in [-0.25, -0.2) is 19.6 Å². The Balaban J connectivity index is 1.44. The SMILES string of the molecule is CSCCC1N=C(c2ccc(-c3ccc(C4=NC(CCSC)C(=O)O4)cc3)cc2)OC1=O. The summed E-state index contributed by atoms with van der Waals surface area (Å²) in [4.78, 5) is 32.9. The van der Waals surface area contributed by atoms with Crippen molar-refractivity contribution >= 4 is 47.3 Å². The zero-order valence-corrected chi connectivity index (χ0v) is 19.6. The number of thioether (sulfide) groups is 2. The second kappa shape index (κ2) is 10.4. The van der Waals surface area contributed by atoms with Gasteiger partial charge in [-0.05, 0) is 72.3 Å². The summed E-state index contributed by atoms with van der Waals surface area (Å²) in [7, 11) is 0. The van der Waals surface area contributed by atoms with Crippen molar-refractivity contribution in [2.24, 2.45) is 9.98 Å². The fourth-order valence-electron chi connectivity index (χ4n) is 3.47. The molecule has 0 saturated carbocycles. The van der Waals surface area contributed by atoms with Crippen molar-refractivity contribution in [2.75, 3.05) is 24.0 Å². The molecule has 0 bridgehead atoms. The van der Waals surface area contributed by atoms with Gasteiger partial charge >= 0.3 is 11.9 Å². The molecule has 0 aromatic heterocycles. The molecule has 6 nitrogen and oxygen atoms in total. The molecule has 2 unspecified atom stereocenters. The zero-order chi connectivity index (χ0) is 22.5. The minimum absolute atomic E-state index is 0.278. The van der Waals surface area contributed by atoms with Crippen molar-refractivity contribution in [2.45, 2.75) is 24.9 Å². The first-order chi connectivity index (χ1) is 15.6. The van der Waals surface area contributed by atoms with Crippen LogP contribution in [0.5, 0.6) is 0 Å². The molecule has 0 amide bonds. The zero-order valence-electron chi connectivity index (χ0n) is 17.9. The highest BCUT2D eigenvalue weighted by molar-refractivity contribution is 7.98. The molecule has 2 aliphatic heterocycles. The van der Waals surface area contributed by atoms with E-state index in [1.54, 1.807) is 23.5 Å². The number of nitrogens with zero attached hydrogens (tertiary/aromatic N) is 2. The molecule has 2 aromatic rings. The monoisotopic (exact) mass is 468 g/mol. The van der Waals surface area contributed by atoms with Gasteiger partial charge in [-0.15, -0.1) is 0 Å². The normalized spacial score (nSPS) is 20.1. The predicted molar refractivity (Wildman–Crippen MR) is 131 cm³/mol. The number of hydrogen-bond donors (Lipinski definition) is 0. The first kappa shape index (κ1) is 22.6. The first-order valence-corrected chi connectivity index (χ1v) is 13.2. The Morgan fingerprint density at radius 1 is 0.656 bits per heavy atom. The van der Waals surface area contributed by atoms with Gasteiger partial charge < -0.3 is 9.47 Å². The standard InChI is InChI=1S/C24H24N2O4S2/c1-31-13-11-19-23(27)29-21(25-19)17-7-3-15(4-8-17)16-5-9-18(10-6-16)22-26-20(12-14-32-2)24(28)30-22/h3-10,19-20H,11-14H2,1-2H3. The smallest absolute Gasteiger partial charge is 0.337 e. The lowest BCUT2D eigenvalue weighted by atomic mass is 10.0. The molecule has 0 spiro atoms. The highest BCUT2D eigenvalue weighted by Gasteiger charge is 2.30. The Kier molecular flexibility index (Phi) is 7.32. The molecule has 2 aliphatic rings. The van der Waals surface area contributed by atoms with E-state index in [1.807, 2.05) is 61.0 Å². The van der Waals surface area contributed by atoms with Gasteiger partial charge in [-0.3, -0.25) is 0 Å². The van der Waals surface area contributed by atoms with E-state index < -0.39 is 12.1 Å². The average Bonchev–Trinajstić information content (AvgIpc) is 3.38. The van der Waals surface area contributed by atoms with Gasteiger partial charge in [0.2, 0.25) is 11.8 Å². The third-order valence-electron chi connectivity index (χ3n) is 5.27. The van der Waals surface area contributed by atoms with E-state index in [1.165, 1.54) is 0 Å². The minimum atomic E-state index is -0.405. The minimum Gasteiger partial charge on any atom is -0.406 e. The van der Waals surface area contributed by atoms with E-state index in [4.69, 9.17) is 9.47 Å². The Morgan fingerprint density at radius 3 is 1.34 bits per heavy atom. The van der Waals surface area contributed by atoms with Crippen molar-refractivity contribution < 1.29 is 19.1 Å². The van der Waals surface area contributed by atoms with Crippen LogP contribution in [-0.4, -0.2) is 59.8 Å². The van der Waals surface area contributed by atoms with Gasteiger partial charge in [0.1, 0.15) is 0 Å². The van der Waals surface area contributed by atoms with Crippen LogP contribution in [0.25, 0.3) is 11.1 Å². The highest BCUT2D eigenvalue weighted by atomic mass is 32.2. The Bertz CT molecular complexity index is 963. The van der Waals surface area contributed by atoms with Gasteiger partial charge in [0.05, 0.1) is 0 Å². The average molecular weight is 469 g/mol. The topological polar surface area (TPSA) is 77.3 Å². The van der Waals surface area contributed by atoms with Crippen LogP contribution in [0, 0.1) is 0 Å². The summed E-state index contributed by atoms with van der Waals surface area (Å²) in [6.07, 6.45) is 5.39. The van der Waals surface area contributed by atoms with Crippen LogP contribution in [0.15, 0.2) is 58.5 Å². The number of ether oxygens (including phenoxy) is 2. The third kappa shape index (κ3) is 5.07. The van der Waals surface area contributed by atoms with Crippen molar-refractivity contribution in [3.63, 3.8) is 0 Å². The number of aliphatic imine (C=N–C) groups is 2. The Labute approximate surface area is 195 Å². The second-order valence-corrected chi connectivity index (χ2v) is 9.43. The van der Waals surface area contributed by atoms with Crippen LogP contribution in [0.1, 0.15) is 24.0 Å². The molecule has 8 heteroatoms. The van der Waals surface area contributed by atoms with Crippen molar-refractivity contribution in [1.29, 1.82) is 0 Å². The van der Waals surface area contributed by atoms with E-state index in [9.17, 15) is 9.59 Å². The highest BCUT2D eigenvalue weighted by Crippen LogP contribution is 2.24. The summed E-state index contributed by atoms with van der Waals surface area (Å²) in [5, 5.41) is 0. The van der Waals surface area contributed by atoms with E-state index >= 15 is 0 Å². The summed E-state index contributed by atoms with van der Waals surface area (Å²) in [5.74, 6) is 1.96. The maximum atomic E-state index is 12.0. The number of cyclic esters (lactones) is 2. The number of carbonyl (C=O) groups excluding carboxylic acids is 2. The molecular formula is C24H24N2O4S2. The largest absolute Gasteiger partial charge is 0.406 e. The molecule has 166 valence electrons. The quantitative estimate of drug-likeness (QED) is 0.513. The van der Waals surface area contributed by atoms with E-state index in [2.05, 4.69) is 9.98 Å². The molecule has 0 fully saturated rings. The third-order valence-corrected chi connectivity index (χ3v) is 6.56. The summed E-state index contributed by atoms with van der Waals surface area (Å²) in [5.41, 5.74) is 3.61. The van der Waals surface area contributed by atoms with Crippen LogP contribution in [0.3, 0.4) is 0 Å². The van der Waals surface area contributed by atoms with Gasteiger partial charge in [0.25, 0.3) is 0 Å². The van der Waals surface area contributed by atoms with Gasteiger partial charge in [-0.1, -0.05) is 24.3 Å². The van der Waals surface area contributed by atoms with E-state index in [0.717, 1.165) is 33.8 Å². The lowest BCUT2D eigenvalue weighted by molar-refractivity contribution is -0.135. The summed E-state index contributed by atoms with van der Waals surface area (Å²) in [6, 6.07) is 14.7. The van der Waals surface area contributed by atoms with Crippen LogP contribution in [-0.2, 0) is 19.1 Å². The lowest BCUT2D eigenvalue weighted by Crippen LogP contribution is -2.15. The Morgan fingerprint density at radius 2 is 1.00 bits per heavy atom. The maximum Gasteiger partial charge on any atom is 0.337 e. The lowest BCUT2D eigenvalue weighted by Gasteiger charge is -2.06. The molecular weight excluding hydrogens is 444 g/mol. The molecule has 0 aliphatic carbocycles. The van der Waals surface area contributed by atoms with Crippen LogP contribution in [0.4, 0.5) is 0 Å². The van der Waals surface area contributed by atoms with Crippen molar-refractivity contribution in [3.8, 4) is 11.1 Å². The molecule has 0 N–H and O–H groups in total. The number of benzene rings is 2. The Hall–Kier alpha value is -2.58. The maximum absolute atomic E-state index is 12.0. The van der Waals surface area contributed by atoms with Gasteiger partial charge in [-0.2, -0.15) is 23.5 Å². The summed E-state index contributed by atoms with van der Waals surface area (Å²) in [6.45, 7) is 0. The predicted octanol–water partition coefficient (Wildman–Crippen LogP) is 4.20. The summed E-state index contributed by atoms with van der Waals surface area (Å²) < 4.78 is 10.7. The van der Waals surface area contributed by atoms with E-state index in [-0.39, 0.29) is 11.9 Å². The molecule has 2 heterocycles. The fraction of sp³-hybridized carbons (Fsp3) is 0.333. The number of esters is 2. The molecule has 4 rings (SSSR count). The first-order valence-electron chi connectivity index (χ1n) is 10.4. The van der Waals surface area contributed by atoms with Crippen molar-refractivity contribution in [3.05, 3.63) is 59.7 Å². The van der Waals surface area contributed by atoms with Crippen LogP contribution < -0.4 is 0 Å². The van der Waals surface area contributed by atoms with Gasteiger partial charge in [0.15, 0.2) is 12.1 Å². The van der Waals surface area contributed by atoms with Crippen LogP contribution in [0.2, 0.25) is 0 Å². The molecule has 2 aromatic carbocycles. The number of carbonyl (C=O) groups is 2. The van der Waals surface area contributed by atoms with Gasteiger partial charge in [0, 0.05) is 11.1 Å². The number of hydrogen-bond acceptors (Lipinski definition) is 8. The molecule has 32 heavy (non-hydrogen) atoms. The summed E-state index contributed by atoms with van der Waals surface area (Å²) >= 11 is 3.38.